The number of hydrogen-bond acceptors (Lipinski definition) is 4. The van der Waals surface area contributed by atoms with E-state index in [1.807, 2.05) is 0 Å². The van der Waals surface area contributed by atoms with Crippen molar-refractivity contribution in [3.8, 4) is 24.2 Å². The van der Waals surface area contributed by atoms with Crippen molar-refractivity contribution >= 4 is 5.69 Å². The normalized spacial score (nSPS) is 8.67. The quantitative estimate of drug-likeness (QED) is 0.422. The fraction of sp³-hybridized carbons (Fsp3) is 0.100. The Morgan fingerprint density at radius 2 is 2.33 bits per heavy atom. The van der Waals surface area contributed by atoms with E-state index in [0.29, 0.717) is 0 Å². The smallest absolute Gasteiger partial charge is 0.290 e. The highest BCUT2D eigenvalue weighted by molar-refractivity contribution is 5.52. The van der Waals surface area contributed by atoms with Crippen LogP contribution in [-0.2, 0) is 0 Å². The Labute approximate surface area is 86.0 Å². The van der Waals surface area contributed by atoms with Gasteiger partial charge in [0.05, 0.1) is 11.0 Å². The fourth-order valence-corrected chi connectivity index (χ4v) is 0.972. The van der Waals surface area contributed by atoms with Gasteiger partial charge in [-0.25, -0.2) is 0 Å². The van der Waals surface area contributed by atoms with Crippen molar-refractivity contribution in [2.45, 2.75) is 0 Å². The highest BCUT2D eigenvalue weighted by atomic mass is 16.6. The second-order valence-corrected chi connectivity index (χ2v) is 2.54. The topological polar surface area (TPSA) is 76.2 Å². The van der Waals surface area contributed by atoms with Gasteiger partial charge in [-0.15, -0.1) is 6.42 Å². The lowest BCUT2D eigenvalue weighted by molar-refractivity contribution is -0.385. The lowest BCUT2D eigenvalue weighted by Gasteiger charge is -2.01. The number of hydrogen-bond donors (Lipinski definition) is 0. The van der Waals surface area contributed by atoms with Crippen molar-refractivity contribution < 1.29 is 9.66 Å². The Bertz CT molecular complexity index is 469. The van der Waals surface area contributed by atoms with Crippen molar-refractivity contribution in [1.29, 1.82) is 5.26 Å². The van der Waals surface area contributed by atoms with Crippen LogP contribution in [0.4, 0.5) is 5.69 Å². The zero-order valence-electron chi connectivity index (χ0n) is 7.64. The standard InChI is InChI=1S/C10H6N2O3/c1-2-5-15-9-4-3-8(7-11)10(6-9)12(13)14/h1,3-4,6H,5H2. The van der Waals surface area contributed by atoms with Crippen LogP contribution in [-0.4, -0.2) is 11.5 Å². The summed E-state index contributed by atoms with van der Waals surface area (Å²) < 4.78 is 5.00. The molecule has 74 valence electrons. The zero-order chi connectivity index (χ0) is 11.3. The molecule has 1 rings (SSSR count). The summed E-state index contributed by atoms with van der Waals surface area (Å²) in [6, 6.07) is 5.68. The van der Waals surface area contributed by atoms with Gasteiger partial charge in [-0.05, 0) is 12.1 Å². The van der Waals surface area contributed by atoms with Gasteiger partial charge in [-0.3, -0.25) is 10.1 Å². The van der Waals surface area contributed by atoms with Gasteiger partial charge in [0.2, 0.25) is 0 Å². The Hall–Kier alpha value is -2.53. The maximum Gasteiger partial charge on any atom is 0.290 e. The van der Waals surface area contributed by atoms with Crippen molar-refractivity contribution in [1.82, 2.24) is 0 Å². The van der Waals surface area contributed by atoms with Crippen LogP contribution < -0.4 is 4.74 Å². The second kappa shape index (κ2) is 4.64. The highest BCUT2D eigenvalue weighted by Gasteiger charge is 2.14. The van der Waals surface area contributed by atoms with E-state index >= 15 is 0 Å². The summed E-state index contributed by atoms with van der Waals surface area (Å²) in [7, 11) is 0. The van der Waals surface area contributed by atoms with E-state index < -0.39 is 4.92 Å². The fourth-order valence-electron chi connectivity index (χ4n) is 0.972. The third kappa shape index (κ3) is 2.45. The predicted octanol–water partition coefficient (Wildman–Crippen LogP) is 1.48. The van der Waals surface area contributed by atoms with Crippen molar-refractivity contribution in [3.63, 3.8) is 0 Å². The maximum absolute atomic E-state index is 10.6. The minimum atomic E-state index is -0.638. The summed E-state index contributed by atoms with van der Waals surface area (Å²) in [5.74, 6) is 2.51. The molecule has 1 aromatic rings. The summed E-state index contributed by atoms with van der Waals surface area (Å²) in [6.45, 7) is 0.0308. The number of benzene rings is 1. The minimum Gasteiger partial charge on any atom is -0.481 e. The zero-order valence-corrected chi connectivity index (χ0v) is 7.64. The van der Waals surface area contributed by atoms with Crippen LogP contribution in [0.1, 0.15) is 5.56 Å². The molecule has 0 aliphatic heterocycles. The van der Waals surface area contributed by atoms with E-state index in [1.54, 1.807) is 6.07 Å². The van der Waals surface area contributed by atoms with E-state index in [9.17, 15) is 10.1 Å². The van der Waals surface area contributed by atoms with E-state index in [-0.39, 0.29) is 23.6 Å². The van der Waals surface area contributed by atoms with E-state index in [2.05, 4.69) is 5.92 Å². The molecule has 0 N–H and O–H groups in total. The van der Waals surface area contributed by atoms with Crippen LogP contribution in [0.5, 0.6) is 5.75 Å². The number of nitro groups is 1. The molecule has 1 aromatic carbocycles. The van der Waals surface area contributed by atoms with Crippen LogP contribution in [0, 0.1) is 33.8 Å². The number of nitriles is 1. The molecular formula is C10H6N2O3. The first kappa shape index (κ1) is 10.6. The summed E-state index contributed by atoms with van der Waals surface area (Å²) in [4.78, 5) is 9.93. The molecule has 0 aromatic heterocycles. The summed E-state index contributed by atoms with van der Waals surface area (Å²) in [5, 5.41) is 19.2. The largest absolute Gasteiger partial charge is 0.481 e. The first-order chi connectivity index (χ1) is 7.19. The summed E-state index contributed by atoms with van der Waals surface area (Å²) >= 11 is 0. The van der Waals surface area contributed by atoms with E-state index in [1.165, 1.54) is 18.2 Å². The van der Waals surface area contributed by atoms with Crippen molar-refractivity contribution in [2.24, 2.45) is 0 Å². The van der Waals surface area contributed by atoms with E-state index in [4.69, 9.17) is 16.4 Å². The first-order valence-electron chi connectivity index (χ1n) is 3.94. The van der Waals surface area contributed by atoms with Gasteiger partial charge in [0, 0.05) is 0 Å². The van der Waals surface area contributed by atoms with Crippen LogP contribution in [0.15, 0.2) is 18.2 Å². The SMILES string of the molecule is C#CCOc1ccc(C#N)c([N+](=O)[O-])c1. The molecule has 5 heteroatoms. The second-order valence-electron chi connectivity index (χ2n) is 2.54. The molecule has 0 radical (unpaired) electrons. The number of ether oxygens (including phenoxy) is 1. The Morgan fingerprint density at radius 1 is 1.60 bits per heavy atom. The molecule has 0 atom stereocenters. The van der Waals surface area contributed by atoms with Gasteiger partial charge in [-0.1, -0.05) is 5.92 Å². The Kier molecular flexibility index (Phi) is 3.26. The third-order valence-electron chi connectivity index (χ3n) is 1.61. The number of rotatable bonds is 3. The van der Waals surface area contributed by atoms with E-state index in [0.717, 1.165) is 0 Å². The molecule has 0 fully saturated rings. The lowest BCUT2D eigenvalue weighted by atomic mass is 10.2. The minimum absolute atomic E-state index is 0.00643. The number of nitrogens with zero attached hydrogens (tertiary/aromatic N) is 2. The number of nitro benzene ring substituents is 1. The molecule has 0 saturated carbocycles. The van der Waals surface area contributed by atoms with Gasteiger partial charge in [0.1, 0.15) is 24.0 Å². The molecule has 0 spiro atoms. The molecule has 0 amide bonds. The van der Waals surface area contributed by atoms with Crippen LogP contribution in [0.25, 0.3) is 0 Å². The molecule has 0 aliphatic rings. The van der Waals surface area contributed by atoms with Crippen molar-refractivity contribution in [3.05, 3.63) is 33.9 Å². The monoisotopic (exact) mass is 202 g/mol. The van der Waals surface area contributed by atoms with Gasteiger partial charge in [0.25, 0.3) is 5.69 Å². The summed E-state index contributed by atoms with van der Waals surface area (Å²) in [5.41, 5.74) is -0.292. The van der Waals surface area contributed by atoms with Crippen LogP contribution in [0.3, 0.4) is 0 Å². The van der Waals surface area contributed by atoms with Gasteiger partial charge in [0.15, 0.2) is 0 Å². The van der Waals surface area contributed by atoms with Crippen LogP contribution >= 0.6 is 0 Å². The molecule has 0 aliphatic carbocycles. The van der Waals surface area contributed by atoms with Gasteiger partial charge < -0.3 is 4.74 Å². The molecule has 0 unspecified atom stereocenters. The average molecular weight is 202 g/mol. The third-order valence-corrected chi connectivity index (χ3v) is 1.61. The Morgan fingerprint density at radius 3 is 2.87 bits per heavy atom. The Balaban J connectivity index is 3.07. The van der Waals surface area contributed by atoms with Gasteiger partial charge >= 0.3 is 0 Å². The first-order valence-corrected chi connectivity index (χ1v) is 3.94. The maximum atomic E-state index is 10.6. The predicted molar refractivity (Wildman–Crippen MR) is 52.1 cm³/mol. The molecule has 0 heterocycles. The molecule has 0 bridgehead atoms. The molecule has 0 saturated heterocycles. The highest BCUT2D eigenvalue weighted by Crippen LogP contribution is 2.23. The molecule has 15 heavy (non-hydrogen) atoms. The van der Waals surface area contributed by atoms with Crippen LogP contribution in [0.2, 0.25) is 0 Å². The lowest BCUT2D eigenvalue weighted by Crippen LogP contribution is -1.96. The molecule has 5 nitrogen and oxygen atoms in total. The average Bonchev–Trinajstić information content (AvgIpc) is 2.25. The summed E-state index contributed by atoms with van der Waals surface area (Å²) in [6.07, 6.45) is 4.97. The van der Waals surface area contributed by atoms with Gasteiger partial charge in [-0.2, -0.15) is 5.26 Å². The van der Waals surface area contributed by atoms with Crippen molar-refractivity contribution in [2.75, 3.05) is 6.61 Å². The molecular weight excluding hydrogens is 196 g/mol. The number of terminal acetylenes is 1.